The number of amides is 1. The molecule has 1 aromatic carbocycles. The lowest BCUT2D eigenvalue weighted by atomic mass is 10.1. The number of guanidine groups is 1. The summed E-state index contributed by atoms with van der Waals surface area (Å²) in [7, 11) is 0. The van der Waals surface area contributed by atoms with Crippen LogP contribution in [-0.2, 0) is 11.2 Å². The zero-order valence-electron chi connectivity index (χ0n) is 15.4. The predicted molar refractivity (Wildman–Crippen MR) is 99.4 cm³/mol. The Morgan fingerprint density at radius 3 is 2.21 bits per heavy atom. The number of aliphatic imine (C=N–C) groups is 1. The van der Waals surface area contributed by atoms with E-state index in [1.165, 1.54) is 16.7 Å². The number of aryl methyl sites for hydroxylation is 2. The second kappa shape index (κ2) is 8.71. The number of rotatable bonds is 4. The molecule has 132 valence electrons. The van der Waals surface area contributed by atoms with Gasteiger partial charge in [-0.25, -0.2) is 0 Å². The van der Waals surface area contributed by atoms with E-state index in [1.807, 2.05) is 4.90 Å². The molecule has 1 N–H and O–H groups in total. The van der Waals surface area contributed by atoms with Crippen LogP contribution in [0.3, 0.4) is 0 Å². The molecule has 5 heteroatoms. The number of carbonyl (C=O) groups excluding carboxylic acids is 1. The van der Waals surface area contributed by atoms with Crippen molar-refractivity contribution in [2.75, 3.05) is 39.3 Å². The lowest BCUT2D eigenvalue weighted by Gasteiger charge is -2.36. The zero-order chi connectivity index (χ0) is 17.5. The quantitative estimate of drug-likeness (QED) is 0.678. The van der Waals surface area contributed by atoms with Gasteiger partial charge in [0.1, 0.15) is 0 Å². The predicted octanol–water partition coefficient (Wildman–Crippen LogP) is 1.98. The maximum Gasteiger partial charge on any atom is 0.219 e. The van der Waals surface area contributed by atoms with Crippen molar-refractivity contribution in [1.82, 2.24) is 15.1 Å². The fourth-order valence-corrected chi connectivity index (χ4v) is 3.16. The second-order valence-electron chi connectivity index (χ2n) is 6.47. The minimum absolute atomic E-state index is 0.159. The van der Waals surface area contributed by atoms with E-state index < -0.39 is 0 Å². The van der Waals surface area contributed by atoms with Crippen LogP contribution in [0, 0.1) is 13.8 Å². The van der Waals surface area contributed by atoms with Crippen molar-refractivity contribution < 1.29 is 4.79 Å². The Hall–Kier alpha value is -2.04. The van der Waals surface area contributed by atoms with Gasteiger partial charge in [-0.15, -0.1) is 0 Å². The van der Waals surface area contributed by atoms with Crippen LogP contribution >= 0.6 is 0 Å². The molecule has 1 heterocycles. The van der Waals surface area contributed by atoms with E-state index in [0.29, 0.717) is 0 Å². The van der Waals surface area contributed by atoms with Crippen molar-refractivity contribution in [3.05, 3.63) is 34.9 Å². The van der Waals surface area contributed by atoms with Crippen molar-refractivity contribution in [3.8, 4) is 0 Å². The second-order valence-corrected chi connectivity index (χ2v) is 6.47. The average molecular weight is 330 g/mol. The van der Waals surface area contributed by atoms with Crippen molar-refractivity contribution in [2.24, 2.45) is 4.99 Å². The lowest BCUT2D eigenvalue weighted by molar-refractivity contribution is -0.130. The average Bonchev–Trinajstić information content (AvgIpc) is 2.53. The highest BCUT2D eigenvalue weighted by Crippen LogP contribution is 2.10. The molecule has 1 saturated heterocycles. The summed E-state index contributed by atoms with van der Waals surface area (Å²) in [5.74, 6) is 1.12. The number of benzene rings is 1. The number of nitrogens with zero attached hydrogens (tertiary/aromatic N) is 3. The number of carbonyl (C=O) groups is 1. The molecule has 0 aliphatic carbocycles. The first-order valence-electron chi connectivity index (χ1n) is 8.85. The summed E-state index contributed by atoms with van der Waals surface area (Å²) < 4.78 is 0. The Balaban J connectivity index is 1.94. The summed E-state index contributed by atoms with van der Waals surface area (Å²) in [5, 5.41) is 3.38. The molecule has 5 nitrogen and oxygen atoms in total. The van der Waals surface area contributed by atoms with Crippen LogP contribution < -0.4 is 5.32 Å². The molecule has 0 saturated carbocycles. The summed E-state index contributed by atoms with van der Waals surface area (Å²) in [5.41, 5.74) is 3.95. The van der Waals surface area contributed by atoms with E-state index in [-0.39, 0.29) is 5.91 Å². The van der Waals surface area contributed by atoms with Crippen LogP contribution in [0.1, 0.15) is 30.5 Å². The minimum Gasteiger partial charge on any atom is -0.357 e. The number of piperazine rings is 1. The minimum atomic E-state index is 0.159. The van der Waals surface area contributed by atoms with Crippen LogP contribution in [0.2, 0.25) is 0 Å². The summed E-state index contributed by atoms with van der Waals surface area (Å²) in [4.78, 5) is 20.4. The van der Waals surface area contributed by atoms with E-state index in [4.69, 9.17) is 4.99 Å². The number of hydrogen-bond acceptors (Lipinski definition) is 2. The first-order chi connectivity index (χ1) is 11.5. The van der Waals surface area contributed by atoms with Gasteiger partial charge in [0.05, 0.1) is 0 Å². The van der Waals surface area contributed by atoms with Crippen LogP contribution in [0.25, 0.3) is 0 Å². The van der Waals surface area contributed by atoms with Gasteiger partial charge in [-0.05, 0) is 32.8 Å². The largest absolute Gasteiger partial charge is 0.357 e. The van der Waals surface area contributed by atoms with E-state index in [9.17, 15) is 4.79 Å². The molecular formula is C19H30N4O. The van der Waals surface area contributed by atoms with Gasteiger partial charge in [0.2, 0.25) is 5.91 Å². The van der Waals surface area contributed by atoms with E-state index in [2.05, 4.69) is 49.2 Å². The molecule has 2 rings (SSSR count). The normalized spacial score (nSPS) is 15.6. The third-order valence-electron chi connectivity index (χ3n) is 4.30. The maximum atomic E-state index is 11.4. The highest BCUT2D eigenvalue weighted by atomic mass is 16.2. The van der Waals surface area contributed by atoms with Gasteiger partial charge in [0.15, 0.2) is 5.96 Å². The third-order valence-corrected chi connectivity index (χ3v) is 4.30. The first-order valence-corrected chi connectivity index (χ1v) is 8.85. The van der Waals surface area contributed by atoms with E-state index in [0.717, 1.165) is 51.6 Å². The third kappa shape index (κ3) is 5.25. The molecule has 1 aliphatic heterocycles. The van der Waals surface area contributed by atoms with Crippen molar-refractivity contribution in [1.29, 1.82) is 0 Å². The summed E-state index contributed by atoms with van der Waals surface area (Å²) in [6.45, 7) is 12.9. The summed E-state index contributed by atoms with van der Waals surface area (Å²) >= 11 is 0. The molecule has 0 aromatic heterocycles. The SMILES string of the molecule is CCNC(=NCCc1cc(C)cc(C)c1)N1CCN(C(C)=O)CC1. The molecule has 1 fully saturated rings. The van der Waals surface area contributed by atoms with Crippen molar-refractivity contribution in [2.45, 2.75) is 34.1 Å². The van der Waals surface area contributed by atoms with Crippen LogP contribution in [0.5, 0.6) is 0 Å². The standard InChI is InChI=1S/C19H30N4O/c1-5-20-19(23-10-8-22(9-11-23)17(4)24)21-7-6-18-13-15(2)12-16(3)14-18/h12-14H,5-11H2,1-4H3,(H,20,21). The molecule has 0 bridgehead atoms. The van der Waals surface area contributed by atoms with Gasteiger partial charge in [-0.2, -0.15) is 0 Å². The molecule has 0 unspecified atom stereocenters. The fourth-order valence-electron chi connectivity index (χ4n) is 3.16. The number of nitrogens with one attached hydrogen (secondary N) is 1. The van der Waals surface area contributed by atoms with Crippen LogP contribution in [0.15, 0.2) is 23.2 Å². The van der Waals surface area contributed by atoms with Gasteiger partial charge < -0.3 is 15.1 Å². The lowest BCUT2D eigenvalue weighted by Crippen LogP contribution is -2.53. The van der Waals surface area contributed by atoms with Crippen LogP contribution in [-0.4, -0.2) is 60.9 Å². The molecule has 0 radical (unpaired) electrons. The van der Waals surface area contributed by atoms with E-state index >= 15 is 0 Å². The molecule has 1 amide bonds. The fraction of sp³-hybridized carbons (Fsp3) is 0.579. The Bertz CT molecular complexity index is 569. The van der Waals surface area contributed by atoms with Gasteiger partial charge >= 0.3 is 0 Å². The molecule has 1 aliphatic rings. The van der Waals surface area contributed by atoms with Gasteiger partial charge in [-0.3, -0.25) is 9.79 Å². The van der Waals surface area contributed by atoms with Crippen molar-refractivity contribution in [3.63, 3.8) is 0 Å². The highest BCUT2D eigenvalue weighted by molar-refractivity contribution is 5.80. The van der Waals surface area contributed by atoms with Crippen molar-refractivity contribution >= 4 is 11.9 Å². The van der Waals surface area contributed by atoms with Crippen LogP contribution in [0.4, 0.5) is 0 Å². The Labute approximate surface area is 145 Å². The molecule has 0 atom stereocenters. The molecule has 1 aromatic rings. The maximum absolute atomic E-state index is 11.4. The molecular weight excluding hydrogens is 300 g/mol. The first kappa shape index (κ1) is 18.3. The Morgan fingerprint density at radius 2 is 1.67 bits per heavy atom. The Morgan fingerprint density at radius 1 is 1.08 bits per heavy atom. The van der Waals surface area contributed by atoms with Gasteiger partial charge in [-0.1, -0.05) is 29.3 Å². The zero-order valence-corrected chi connectivity index (χ0v) is 15.4. The van der Waals surface area contributed by atoms with Gasteiger partial charge in [0.25, 0.3) is 0 Å². The Kier molecular flexibility index (Phi) is 6.64. The smallest absolute Gasteiger partial charge is 0.219 e. The monoisotopic (exact) mass is 330 g/mol. The summed E-state index contributed by atoms with van der Waals surface area (Å²) in [6, 6.07) is 6.67. The number of hydrogen-bond donors (Lipinski definition) is 1. The van der Waals surface area contributed by atoms with E-state index in [1.54, 1.807) is 6.92 Å². The van der Waals surface area contributed by atoms with Gasteiger partial charge in [0, 0.05) is 46.2 Å². The molecule has 0 spiro atoms. The highest BCUT2D eigenvalue weighted by Gasteiger charge is 2.20. The topological polar surface area (TPSA) is 47.9 Å². The summed E-state index contributed by atoms with van der Waals surface area (Å²) in [6.07, 6.45) is 0.949. The molecule has 24 heavy (non-hydrogen) atoms.